The summed E-state index contributed by atoms with van der Waals surface area (Å²) in [5.41, 5.74) is 0.243. The van der Waals surface area contributed by atoms with E-state index in [1.54, 1.807) is 13.0 Å². The summed E-state index contributed by atoms with van der Waals surface area (Å²) in [7, 11) is 0. The Labute approximate surface area is 219 Å². The van der Waals surface area contributed by atoms with Gasteiger partial charge in [0.25, 0.3) is 0 Å². The van der Waals surface area contributed by atoms with Crippen LogP contribution in [0.2, 0.25) is 0 Å². The molecule has 1 saturated heterocycles. The summed E-state index contributed by atoms with van der Waals surface area (Å²) in [5, 5.41) is 43.0. The zero-order chi connectivity index (χ0) is 26.3. The van der Waals surface area contributed by atoms with E-state index in [0.717, 1.165) is 63.4 Å². The van der Waals surface area contributed by atoms with Gasteiger partial charge in [0.05, 0.1) is 17.8 Å². The number of esters is 1. The second kappa shape index (κ2) is 9.00. The number of cyclic esters (lactones) is 1. The van der Waals surface area contributed by atoms with E-state index in [0.29, 0.717) is 18.4 Å². The van der Waals surface area contributed by atoms with E-state index in [1.165, 1.54) is 0 Å². The van der Waals surface area contributed by atoms with E-state index >= 15 is 0 Å². The predicted octanol–water partition coefficient (Wildman–Crippen LogP) is 2.46. The van der Waals surface area contributed by atoms with Gasteiger partial charge in [-0.05, 0) is 99.4 Å². The summed E-state index contributed by atoms with van der Waals surface area (Å²) in [6.45, 7) is 6.73. The molecule has 5 fully saturated rings. The Morgan fingerprint density at radius 2 is 1.73 bits per heavy atom. The number of hydrogen-bond donors (Lipinski definition) is 4. The number of aliphatic hydroxyl groups is 4. The molecule has 6 rings (SSSR count). The third-order valence-corrected chi connectivity index (χ3v) is 12.1. The smallest absolute Gasteiger partial charge is 0.331 e. The number of hydrogen-bond acceptors (Lipinski definition) is 8. The fourth-order valence-corrected chi connectivity index (χ4v) is 9.81. The van der Waals surface area contributed by atoms with Gasteiger partial charge in [-0.15, -0.1) is 0 Å². The number of fused-ring (bicyclic) bond motifs is 5. The van der Waals surface area contributed by atoms with Crippen LogP contribution in [0.5, 0.6) is 0 Å². The molecule has 0 spiro atoms. The minimum atomic E-state index is -1.28. The molecule has 6 aliphatic rings. The van der Waals surface area contributed by atoms with Gasteiger partial charge >= 0.3 is 5.97 Å². The highest BCUT2D eigenvalue weighted by molar-refractivity contribution is 5.85. The summed E-state index contributed by atoms with van der Waals surface area (Å²) in [6, 6.07) is 0. The van der Waals surface area contributed by atoms with Crippen LogP contribution in [0.25, 0.3) is 0 Å². The van der Waals surface area contributed by atoms with Crippen molar-refractivity contribution in [3.05, 3.63) is 11.6 Å². The SMILES string of the molecule is C[C@@H]1O[C@@H](OC2CCC3(C)C4CCC5(C)C(C6=CC(=O)OC6)CCC5(O)C4CC[C@H]3C2)[C@H](O)[C@H](O)[C@H]1O. The molecule has 0 bridgehead atoms. The van der Waals surface area contributed by atoms with Crippen molar-refractivity contribution in [1.29, 1.82) is 0 Å². The lowest BCUT2D eigenvalue weighted by molar-refractivity contribution is -0.310. The molecular formula is C29H44O8. The molecule has 13 atom stereocenters. The highest BCUT2D eigenvalue weighted by Crippen LogP contribution is 2.70. The minimum absolute atomic E-state index is 0.0661. The van der Waals surface area contributed by atoms with E-state index in [1.807, 2.05) is 0 Å². The number of aliphatic hydroxyl groups excluding tert-OH is 3. The van der Waals surface area contributed by atoms with Crippen molar-refractivity contribution in [2.75, 3.05) is 6.61 Å². The molecule has 4 aliphatic carbocycles. The molecule has 2 aliphatic heterocycles. The van der Waals surface area contributed by atoms with Gasteiger partial charge in [0.2, 0.25) is 0 Å². The van der Waals surface area contributed by atoms with Crippen molar-refractivity contribution < 1.29 is 39.4 Å². The van der Waals surface area contributed by atoms with Gasteiger partial charge in [-0.25, -0.2) is 4.79 Å². The lowest BCUT2D eigenvalue weighted by Crippen LogP contribution is -2.62. The molecule has 8 heteroatoms. The van der Waals surface area contributed by atoms with Gasteiger partial charge in [0, 0.05) is 11.5 Å². The van der Waals surface area contributed by atoms with Gasteiger partial charge in [0.1, 0.15) is 24.9 Å². The number of carbonyl (C=O) groups excluding carboxylic acids is 1. The van der Waals surface area contributed by atoms with Gasteiger partial charge in [-0.1, -0.05) is 13.8 Å². The van der Waals surface area contributed by atoms with Crippen LogP contribution in [0.1, 0.15) is 78.6 Å². The van der Waals surface area contributed by atoms with Crippen LogP contribution in [0, 0.1) is 34.5 Å². The lowest BCUT2D eigenvalue weighted by Gasteiger charge is -2.64. The first kappa shape index (κ1) is 26.2. The Morgan fingerprint density at radius 3 is 2.46 bits per heavy atom. The van der Waals surface area contributed by atoms with Crippen LogP contribution in [0.4, 0.5) is 0 Å². The van der Waals surface area contributed by atoms with Crippen LogP contribution >= 0.6 is 0 Å². The van der Waals surface area contributed by atoms with Crippen molar-refractivity contribution in [3.63, 3.8) is 0 Å². The molecule has 8 nitrogen and oxygen atoms in total. The molecule has 0 aromatic rings. The first-order valence-corrected chi connectivity index (χ1v) is 14.4. The Balaban J connectivity index is 1.16. The molecule has 0 aromatic carbocycles. The van der Waals surface area contributed by atoms with Crippen LogP contribution in [0.3, 0.4) is 0 Å². The quantitative estimate of drug-likeness (QED) is 0.330. The van der Waals surface area contributed by atoms with Gasteiger partial charge in [0.15, 0.2) is 6.29 Å². The number of carbonyl (C=O) groups is 1. The maximum atomic E-state index is 12.4. The molecular weight excluding hydrogens is 476 g/mol. The number of ether oxygens (including phenoxy) is 3. The first-order valence-electron chi connectivity index (χ1n) is 14.4. The van der Waals surface area contributed by atoms with Gasteiger partial charge < -0.3 is 34.6 Å². The van der Waals surface area contributed by atoms with Crippen molar-refractivity contribution in [1.82, 2.24) is 0 Å². The average Bonchev–Trinajstić information content (AvgIpc) is 3.41. The second-order valence-electron chi connectivity index (χ2n) is 13.5. The summed E-state index contributed by atoms with van der Waals surface area (Å²) in [5.74, 6) is 1.14. The molecule has 0 aromatic heterocycles. The average molecular weight is 521 g/mol. The van der Waals surface area contributed by atoms with E-state index in [2.05, 4.69) is 13.8 Å². The summed E-state index contributed by atoms with van der Waals surface area (Å²) in [6.07, 6.45) is 4.88. The highest BCUT2D eigenvalue weighted by atomic mass is 16.7. The first-order chi connectivity index (χ1) is 17.5. The standard InChI is InChI=1S/C29H44O8/c1-15-23(31)24(32)25(33)26(36-15)37-18-6-9-27(2)17(13-18)4-5-21-20(27)7-10-28(3)19(8-11-29(21,28)34)16-12-22(30)35-14-16/h12,15,17-21,23-26,31-34H,4-11,13-14H2,1-3H3/t15-,17-,18?,19?,20?,21?,23-,24+,25+,26-,27?,28?,29?/m0/s1. The zero-order valence-corrected chi connectivity index (χ0v) is 22.3. The Hall–Kier alpha value is -1.03. The molecule has 37 heavy (non-hydrogen) atoms. The zero-order valence-electron chi connectivity index (χ0n) is 22.3. The highest BCUT2D eigenvalue weighted by Gasteiger charge is 2.67. The third-order valence-electron chi connectivity index (χ3n) is 12.1. The van der Waals surface area contributed by atoms with E-state index in [4.69, 9.17) is 14.2 Å². The van der Waals surface area contributed by atoms with E-state index < -0.39 is 36.3 Å². The van der Waals surface area contributed by atoms with Crippen LogP contribution in [-0.2, 0) is 19.0 Å². The van der Waals surface area contributed by atoms with Crippen LogP contribution < -0.4 is 0 Å². The fraction of sp³-hybridized carbons (Fsp3) is 0.897. The lowest BCUT2D eigenvalue weighted by atomic mass is 9.43. The second-order valence-corrected chi connectivity index (χ2v) is 13.5. The van der Waals surface area contributed by atoms with Crippen LogP contribution in [0.15, 0.2) is 11.6 Å². The Bertz CT molecular complexity index is 952. The van der Waals surface area contributed by atoms with Gasteiger partial charge in [-0.3, -0.25) is 0 Å². The molecule has 0 radical (unpaired) electrons. The van der Waals surface area contributed by atoms with Crippen molar-refractivity contribution in [3.8, 4) is 0 Å². The normalized spacial score (nSPS) is 55.6. The Morgan fingerprint density at radius 1 is 0.946 bits per heavy atom. The summed E-state index contributed by atoms with van der Waals surface area (Å²) >= 11 is 0. The molecule has 4 saturated carbocycles. The van der Waals surface area contributed by atoms with Crippen molar-refractivity contribution in [2.24, 2.45) is 34.5 Å². The topological polar surface area (TPSA) is 126 Å². The summed E-state index contributed by atoms with van der Waals surface area (Å²) in [4.78, 5) is 11.8. The van der Waals surface area contributed by atoms with E-state index in [9.17, 15) is 25.2 Å². The summed E-state index contributed by atoms with van der Waals surface area (Å²) < 4.78 is 17.2. The van der Waals surface area contributed by atoms with Crippen molar-refractivity contribution >= 4 is 5.97 Å². The molecule has 2 heterocycles. The number of rotatable bonds is 3. The van der Waals surface area contributed by atoms with Crippen molar-refractivity contribution in [2.45, 2.75) is 121 Å². The van der Waals surface area contributed by atoms with Gasteiger partial charge in [-0.2, -0.15) is 0 Å². The maximum Gasteiger partial charge on any atom is 0.331 e. The third kappa shape index (κ3) is 3.80. The Kier molecular flexibility index (Phi) is 6.37. The van der Waals surface area contributed by atoms with Crippen LogP contribution in [-0.4, -0.2) is 75.4 Å². The monoisotopic (exact) mass is 520 g/mol. The fourth-order valence-electron chi connectivity index (χ4n) is 9.81. The van der Waals surface area contributed by atoms with E-state index in [-0.39, 0.29) is 34.7 Å². The largest absolute Gasteiger partial charge is 0.458 e. The molecule has 4 N–H and O–H groups in total. The molecule has 208 valence electrons. The maximum absolute atomic E-state index is 12.4. The molecule has 0 amide bonds. The minimum Gasteiger partial charge on any atom is -0.458 e. The predicted molar refractivity (Wildman–Crippen MR) is 133 cm³/mol. The molecule has 7 unspecified atom stereocenters.